The molecule has 1 atom stereocenters. The van der Waals surface area contributed by atoms with Gasteiger partial charge >= 0.3 is 0 Å². The fourth-order valence-corrected chi connectivity index (χ4v) is 2.46. The summed E-state index contributed by atoms with van der Waals surface area (Å²) in [5.41, 5.74) is 0.969. The molecule has 0 aliphatic carbocycles. The summed E-state index contributed by atoms with van der Waals surface area (Å²) in [6.45, 7) is 3.52. The fraction of sp³-hybridized carbons (Fsp3) is 0.571. The number of hydrogen-bond donors (Lipinski definition) is 3. The second-order valence-corrected chi connectivity index (χ2v) is 5.20. The maximum Gasteiger partial charge on any atom is 0.272 e. The topological polar surface area (TPSA) is 96.0 Å². The number of aryl methyl sites for hydroxylation is 1. The molecule has 1 aromatic rings. The number of nitrogens with zero attached hydrogens (tertiary/aromatic N) is 2. The molecule has 0 bridgehead atoms. The lowest BCUT2D eigenvalue weighted by atomic mass is 9.89. The number of likely N-dealkylation sites (N-methyl/N-ethyl adjacent to an activating group) is 1. The monoisotopic (exact) mass is 291 g/mol. The molecule has 1 unspecified atom stereocenters. The van der Waals surface area contributed by atoms with E-state index >= 15 is 0 Å². The number of carbonyl (C=O) groups excluding carboxylic acids is 2. The van der Waals surface area contributed by atoms with Gasteiger partial charge in [-0.3, -0.25) is 14.6 Å². The Morgan fingerprint density at radius 1 is 1.29 bits per heavy atom. The second-order valence-electron chi connectivity index (χ2n) is 5.20. The molecule has 2 heterocycles. The Morgan fingerprint density at radius 3 is 2.57 bits per heavy atom. The van der Waals surface area contributed by atoms with Crippen molar-refractivity contribution < 1.29 is 9.59 Å². The number of piperidine rings is 1. The van der Waals surface area contributed by atoms with E-state index in [1.165, 1.54) is 12.4 Å². The Balaban J connectivity index is 2.08. The molecule has 0 aromatic carbocycles. The van der Waals surface area contributed by atoms with Gasteiger partial charge in [-0.25, -0.2) is 4.98 Å². The number of aromatic nitrogens is 2. The summed E-state index contributed by atoms with van der Waals surface area (Å²) in [6.07, 6.45) is 4.68. The first-order chi connectivity index (χ1) is 10.1. The van der Waals surface area contributed by atoms with Crippen molar-refractivity contribution in [1.82, 2.24) is 25.9 Å². The van der Waals surface area contributed by atoms with Gasteiger partial charge in [0, 0.05) is 13.2 Å². The van der Waals surface area contributed by atoms with Crippen LogP contribution in [-0.2, 0) is 4.79 Å². The maximum atomic E-state index is 12.2. The van der Waals surface area contributed by atoms with Gasteiger partial charge in [-0.05, 0) is 38.8 Å². The zero-order valence-electron chi connectivity index (χ0n) is 12.3. The minimum Gasteiger partial charge on any atom is -0.357 e. The molecule has 3 N–H and O–H groups in total. The van der Waals surface area contributed by atoms with Crippen LogP contribution in [0.25, 0.3) is 0 Å². The first kappa shape index (κ1) is 15.4. The molecule has 114 valence electrons. The standard InChI is InChI=1S/C14H21N5O2/c1-9-7-18-11(8-17-9)13(20)19-12(14(21)15-2)10-3-5-16-6-4-10/h7-8,10,12,16H,3-6H2,1-2H3,(H,15,21)(H,19,20). The van der Waals surface area contributed by atoms with Crippen molar-refractivity contribution in [3.8, 4) is 0 Å². The van der Waals surface area contributed by atoms with E-state index in [-0.39, 0.29) is 23.4 Å². The number of rotatable bonds is 4. The molecule has 1 aromatic heterocycles. The van der Waals surface area contributed by atoms with Gasteiger partial charge in [-0.15, -0.1) is 0 Å². The van der Waals surface area contributed by atoms with Crippen molar-refractivity contribution in [3.05, 3.63) is 23.8 Å². The Kier molecular flexibility index (Phi) is 5.21. The molecule has 7 nitrogen and oxygen atoms in total. The maximum absolute atomic E-state index is 12.2. The van der Waals surface area contributed by atoms with Gasteiger partial charge in [0.05, 0.1) is 11.9 Å². The molecule has 1 saturated heterocycles. The molecule has 1 fully saturated rings. The largest absolute Gasteiger partial charge is 0.357 e. The highest BCUT2D eigenvalue weighted by molar-refractivity contribution is 5.95. The molecule has 0 saturated carbocycles. The zero-order valence-corrected chi connectivity index (χ0v) is 12.3. The van der Waals surface area contributed by atoms with E-state index in [4.69, 9.17) is 0 Å². The summed E-state index contributed by atoms with van der Waals surface area (Å²) in [7, 11) is 1.58. The van der Waals surface area contributed by atoms with Crippen molar-refractivity contribution in [2.24, 2.45) is 5.92 Å². The fourth-order valence-electron chi connectivity index (χ4n) is 2.46. The average molecular weight is 291 g/mol. The Labute approximate surface area is 123 Å². The van der Waals surface area contributed by atoms with E-state index in [1.807, 2.05) is 0 Å². The molecule has 2 rings (SSSR count). The van der Waals surface area contributed by atoms with E-state index in [2.05, 4.69) is 25.9 Å². The summed E-state index contributed by atoms with van der Waals surface area (Å²) >= 11 is 0. The van der Waals surface area contributed by atoms with Gasteiger partial charge in [0.25, 0.3) is 5.91 Å². The highest BCUT2D eigenvalue weighted by atomic mass is 16.2. The Hall–Kier alpha value is -2.02. The van der Waals surface area contributed by atoms with Crippen molar-refractivity contribution in [2.45, 2.75) is 25.8 Å². The van der Waals surface area contributed by atoms with E-state index in [9.17, 15) is 9.59 Å². The van der Waals surface area contributed by atoms with Crippen molar-refractivity contribution >= 4 is 11.8 Å². The van der Waals surface area contributed by atoms with Crippen LogP contribution in [-0.4, -0.2) is 48.0 Å². The van der Waals surface area contributed by atoms with E-state index < -0.39 is 6.04 Å². The van der Waals surface area contributed by atoms with E-state index in [1.54, 1.807) is 14.0 Å². The molecule has 2 amide bonds. The third-order valence-corrected chi connectivity index (χ3v) is 3.68. The average Bonchev–Trinajstić information content (AvgIpc) is 2.53. The van der Waals surface area contributed by atoms with Crippen molar-refractivity contribution in [2.75, 3.05) is 20.1 Å². The Bertz CT molecular complexity index is 497. The second kappa shape index (κ2) is 7.12. The predicted molar refractivity (Wildman–Crippen MR) is 77.7 cm³/mol. The third kappa shape index (κ3) is 3.98. The molecule has 21 heavy (non-hydrogen) atoms. The lowest BCUT2D eigenvalue weighted by molar-refractivity contribution is -0.124. The number of carbonyl (C=O) groups is 2. The lowest BCUT2D eigenvalue weighted by Gasteiger charge is -2.30. The van der Waals surface area contributed by atoms with Gasteiger partial charge in [0.1, 0.15) is 11.7 Å². The predicted octanol–water partition coefficient (Wildman–Crippen LogP) is -0.371. The lowest BCUT2D eigenvalue weighted by Crippen LogP contribution is -2.52. The highest BCUT2D eigenvalue weighted by Gasteiger charge is 2.30. The summed E-state index contributed by atoms with van der Waals surface area (Å²) in [5.74, 6) is -0.404. The van der Waals surface area contributed by atoms with Gasteiger partial charge in [0.15, 0.2) is 0 Å². The van der Waals surface area contributed by atoms with Crippen LogP contribution in [0.2, 0.25) is 0 Å². The summed E-state index contributed by atoms with van der Waals surface area (Å²) in [5, 5.41) is 8.66. The summed E-state index contributed by atoms with van der Waals surface area (Å²) in [6, 6.07) is -0.535. The minimum absolute atomic E-state index is 0.133. The molecular weight excluding hydrogens is 270 g/mol. The SMILES string of the molecule is CNC(=O)C(NC(=O)c1cnc(C)cn1)C1CCNCC1. The van der Waals surface area contributed by atoms with Gasteiger partial charge in [-0.2, -0.15) is 0 Å². The first-order valence-electron chi connectivity index (χ1n) is 7.13. The molecule has 0 radical (unpaired) electrons. The third-order valence-electron chi connectivity index (χ3n) is 3.68. The van der Waals surface area contributed by atoms with Crippen LogP contribution in [0, 0.1) is 12.8 Å². The van der Waals surface area contributed by atoms with Crippen LogP contribution >= 0.6 is 0 Å². The van der Waals surface area contributed by atoms with Crippen LogP contribution in [0.5, 0.6) is 0 Å². The summed E-state index contributed by atoms with van der Waals surface area (Å²) < 4.78 is 0. The molecule has 1 aliphatic rings. The van der Waals surface area contributed by atoms with Crippen LogP contribution in [0.15, 0.2) is 12.4 Å². The minimum atomic E-state index is -0.535. The van der Waals surface area contributed by atoms with Crippen LogP contribution in [0.4, 0.5) is 0 Å². The molecule has 1 aliphatic heterocycles. The Morgan fingerprint density at radius 2 is 2.00 bits per heavy atom. The van der Waals surface area contributed by atoms with Crippen LogP contribution in [0.3, 0.4) is 0 Å². The highest BCUT2D eigenvalue weighted by Crippen LogP contribution is 2.17. The number of nitrogens with one attached hydrogen (secondary N) is 3. The smallest absolute Gasteiger partial charge is 0.272 e. The molecular formula is C14H21N5O2. The molecule has 0 spiro atoms. The van der Waals surface area contributed by atoms with Crippen molar-refractivity contribution in [1.29, 1.82) is 0 Å². The number of hydrogen-bond acceptors (Lipinski definition) is 5. The number of amides is 2. The quantitative estimate of drug-likeness (QED) is 0.703. The van der Waals surface area contributed by atoms with Gasteiger partial charge < -0.3 is 16.0 Å². The summed E-state index contributed by atoms with van der Waals surface area (Å²) in [4.78, 5) is 32.4. The molecule has 7 heteroatoms. The van der Waals surface area contributed by atoms with Crippen LogP contribution < -0.4 is 16.0 Å². The van der Waals surface area contributed by atoms with Gasteiger partial charge in [0.2, 0.25) is 5.91 Å². The van der Waals surface area contributed by atoms with E-state index in [0.717, 1.165) is 31.6 Å². The van der Waals surface area contributed by atoms with Crippen LogP contribution in [0.1, 0.15) is 29.0 Å². The van der Waals surface area contributed by atoms with E-state index in [0.29, 0.717) is 0 Å². The van der Waals surface area contributed by atoms with Gasteiger partial charge in [-0.1, -0.05) is 0 Å². The normalized spacial score (nSPS) is 17.0. The van der Waals surface area contributed by atoms with Crippen molar-refractivity contribution in [3.63, 3.8) is 0 Å². The zero-order chi connectivity index (χ0) is 15.2. The first-order valence-corrected chi connectivity index (χ1v) is 7.13.